The number of amides is 1. The first-order valence-electron chi connectivity index (χ1n) is 11.9. The summed E-state index contributed by atoms with van der Waals surface area (Å²) in [5.74, 6) is -0.448. The Bertz CT molecular complexity index is 1460. The summed E-state index contributed by atoms with van der Waals surface area (Å²) in [5.41, 5.74) is 7.58. The molecule has 0 aliphatic rings. The number of anilines is 3. The van der Waals surface area contributed by atoms with Crippen LogP contribution in [0.5, 0.6) is 0 Å². The van der Waals surface area contributed by atoms with Gasteiger partial charge in [-0.2, -0.15) is 13.2 Å². The second-order valence-corrected chi connectivity index (χ2v) is 9.19. The van der Waals surface area contributed by atoms with Crippen molar-refractivity contribution in [1.29, 1.82) is 0 Å². The SMILES string of the molecule is CN(C)CCCN(C)c1ccc(C(F)(F)F)cc1NC(=O)c1cc(-c2ccc3nc(N)ncc3c2)ccn1. The lowest BCUT2D eigenvalue weighted by molar-refractivity contribution is -0.137. The number of fused-ring (bicyclic) bond motifs is 1. The number of alkyl halides is 3. The number of rotatable bonds is 8. The van der Waals surface area contributed by atoms with E-state index in [9.17, 15) is 18.0 Å². The molecule has 0 atom stereocenters. The maximum absolute atomic E-state index is 13.5. The van der Waals surface area contributed by atoms with Gasteiger partial charge in [-0.25, -0.2) is 9.97 Å². The van der Waals surface area contributed by atoms with Gasteiger partial charge in [0.2, 0.25) is 5.95 Å². The van der Waals surface area contributed by atoms with Gasteiger partial charge in [-0.1, -0.05) is 6.07 Å². The molecule has 198 valence electrons. The predicted molar refractivity (Wildman–Crippen MR) is 143 cm³/mol. The number of nitrogens with two attached hydrogens (primary N) is 1. The molecule has 11 heteroatoms. The van der Waals surface area contributed by atoms with Gasteiger partial charge in [0.15, 0.2) is 0 Å². The maximum atomic E-state index is 13.5. The van der Waals surface area contributed by atoms with E-state index in [1.807, 2.05) is 36.0 Å². The van der Waals surface area contributed by atoms with E-state index in [4.69, 9.17) is 5.73 Å². The summed E-state index contributed by atoms with van der Waals surface area (Å²) in [6, 6.07) is 12.2. The lowest BCUT2D eigenvalue weighted by Gasteiger charge is -2.24. The summed E-state index contributed by atoms with van der Waals surface area (Å²) in [4.78, 5) is 29.4. The van der Waals surface area contributed by atoms with Crippen molar-refractivity contribution in [2.45, 2.75) is 12.6 Å². The fraction of sp³-hybridized carbons (Fsp3) is 0.259. The Morgan fingerprint density at radius 3 is 2.47 bits per heavy atom. The highest BCUT2D eigenvalue weighted by molar-refractivity contribution is 6.05. The van der Waals surface area contributed by atoms with Crippen LogP contribution in [0.15, 0.2) is 60.9 Å². The van der Waals surface area contributed by atoms with Crippen LogP contribution in [0.4, 0.5) is 30.5 Å². The Kier molecular flexibility index (Phi) is 7.77. The van der Waals surface area contributed by atoms with Crippen LogP contribution >= 0.6 is 0 Å². The van der Waals surface area contributed by atoms with E-state index in [0.717, 1.165) is 36.0 Å². The fourth-order valence-electron chi connectivity index (χ4n) is 4.04. The molecule has 2 aromatic carbocycles. The zero-order valence-corrected chi connectivity index (χ0v) is 21.3. The first kappa shape index (κ1) is 26.8. The highest BCUT2D eigenvalue weighted by Crippen LogP contribution is 2.35. The van der Waals surface area contributed by atoms with Crippen molar-refractivity contribution in [2.75, 3.05) is 50.2 Å². The van der Waals surface area contributed by atoms with E-state index in [-0.39, 0.29) is 17.3 Å². The summed E-state index contributed by atoms with van der Waals surface area (Å²) in [6.45, 7) is 1.41. The Hall–Kier alpha value is -4.25. The van der Waals surface area contributed by atoms with Crippen LogP contribution in [-0.4, -0.2) is 60.0 Å². The Morgan fingerprint density at radius 2 is 1.74 bits per heavy atom. The minimum atomic E-state index is -4.55. The zero-order chi connectivity index (χ0) is 27.4. The highest BCUT2D eigenvalue weighted by Gasteiger charge is 2.31. The Balaban J connectivity index is 1.61. The lowest BCUT2D eigenvalue weighted by Crippen LogP contribution is -2.25. The van der Waals surface area contributed by atoms with Gasteiger partial charge in [-0.15, -0.1) is 0 Å². The van der Waals surface area contributed by atoms with Crippen LogP contribution in [-0.2, 0) is 6.18 Å². The largest absolute Gasteiger partial charge is 0.416 e. The molecule has 0 unspecified atom stereocenters. The molecule has 8 nitrogen and oxygen atoms in total. The molecule has 0 radical (unpaired) electrons. The van der Waals surface area contributed by atoms with Crippen LogP contribution in [0.3, 0.4) is 0 Å². The first-order chi connectivity index (χ1) is 18.0. The number of hydrogen-bond donors (Lipinski definition) is 2. The molecule has 2 aromatic heterocycles. The van der Waals surface area contributed by atoms with Crippen LogP contribution < -0.4 is 16.0 Å². The molecule has 0 aliphatic carbocycles. The van der Waals surface area contributed by atoms with Crippen LogP contribution in [0.25, 0.3) is 22.0 Å². The third-order valence-electron chi connectivity index (χ3n) is 6.01. The van der Waals surface area contributed by atoms with Crippen molar-refractivity contribution in [3.05, 3.63) is 72.2 Å². The third kappa shape index (κ3) is 6.35. The summed E-state index contributed by atoms with van der Waals surface area (Å²) in [6.07, 6.45) is -0.663. The van der Waals surface area contributed by atoms with Crippen molar-refractivity contribution in [2.24, 2.45) is 0 Å². The van der Waals surface area contributed by atoms with E-state index >= 15 is 0 Å². The number of carbonyl (C=O) groups excluding carboxylic acids is 1. The van der Waals surface area contributed by atoms with Crippen LogP contribution in [0.2, 0.25) is 0 Å². The number of carbonyl (C=O) groups is 1. The fourth-order valence-corrected chi connectivity index (χ4v) is 4.04. The number of nitrogens with zero attached hydrogens (tertiary/aromatic N) is 5. The minimum absolute atomic E-state index is 0.0600. The molecule has 0 saturated carbocycles. The van der Waals surface area contributed by atoms with Crippen molar-refractivity contribution < 1.29 is 18.0 Å². The molecule has 0 spiro atoms. The molecular weight excluding hydrogens is 495 g/mol. The van der Waals surface area contributed by atoms with Gasteiger partial charge in [0.05, 0.1) is 22.5 Å². The van der Waals surface area contributed by atoms with E-state index in [2.05, 4.69) is 20.3 Å². The van der Waals surface area contributed by atoms with E-state index in [0.29, 0.717) is 23.3 Å². The Morgan fingerprint density at radius 1 is 0.974 bits per heavy atom. The van der Waals surface area contributed by atoms with Crippen molar-refractivity contribution in [1.82, 2.24) is 19.9 Å². The standard InChI is InChI=1S/C27H28F3N7O/c1-36(2)11-4-12-37(3)24-8-6-20(27(28,29)30)15-22(24)34-25(38)23-14-18(9-10-32-23)17-5-7-21-19(13-17)16-33-26(31)35-21/h5-10,13-16H,4,11-12H2,1-3H3,(H,34,38)(H2,31,33,35). The number of aromatic nitrogens is 3. The zero-order valence-electron chi connectivity index (χ0n) is 21.3. The van der Waals surface area contributed by atoms with E-state index in [1.165, 1.54) is 12.3 Å². The predicted octanol–water partition coefficient (Wildman–Crippen LogP) is 4.93. The van der Waals surface area contributed by atoms with Gasteiger partial charge in [-0.3, -0.25) is 9.78 Å². The van der Waals surface area contributed by atoms with Gasteiger partial charge in [-0.05, 0) is 80.7 Å². The molecular formula is C27H28F3N7O. The molecule has 38 heavy (non-hydrogen) atoms. The number of nitrogen functional groups attached to an aromatic ring is 1. The quantitative estimate of drug-likeness (QED) is 0.338. The third-order valence-corrected chi connectivity index (χ3v) is 6.01. The average molecular weight is 524 g/mol. The van der Waals surface area contributed by atoms with Crippen LogP contribution in [0.1, 0.15) is 22.5 Å². The molecule has 3 N–H and O–H groups in total. The molecule has 0 bridgehead atoms. The first-order valence-corrected chi connectivity index (χ1v) is 11.9. The average Bonchev–Trinajstić information content (AvgIpc) is 2.87. The molecule has 4 rings (SSSR count). The number of halogens is 3. The van der Waals surface area contributed by atoms with Gasteiger partial charge in [0, 0.05) is 31.4 Å². The van der Waals surface area contributed by atoms with Crippen molar-refractivity contribution >= 4 is 34.1 Å². The number of benzene rings is 2. The molecule has 1 amide bonds. The second kappa shape index (κ2) is 11.0. The molecule has 2 heterocycles. The monoisotopic (exact) mass is 523 g/mol. The van der Waals surface area contributed by atoms with Crippen molar-refractivity contribution in [3.63, 3.8) is 0 Å². The van der Waals surface area contributed by atoms with Crippen LogP contribution in [0, 0.1) is 0 Å². The van der Waals surface area contributed by atoms with Gasteiger partial charge < -0.3 is 20.9 Å². The Labute approximate surface area is 218 Å². The second-order valence-electron chi connectivity index (χ2n) is 9.19. The maximum Gasteiger partial charge on any atom is 0.416 e. The summed E-state index contributed by atoms with van der Waals surface area (Å²) < 4.78 is 40.4. The summed E-state index contributed by atoms with van der Waals surface area (Å²) >= 11 is 0. The molecule has 0 fully saturated rings. The molecule has 0 saturated heterocycles. The molecule has 4 aromatic rings. The smallest absolute Gasteiger partial charge is 0.373 e. The molecule has 0 aliphatic heterocycles. The van der Waals surface area contributed by atoms with Gasteiger partial charge in [0.25, 0.3) is 5.91 Å². The highest BCUT2D eigenvalue weighted by atomic mass is 19.4. The summed E-state index contributed by atoms with van der Waals surface area (Å²) in [5, 5.41) is 3.42. The number of pyridine rings is 1. The topological polar surface area (TPSA) is 100 Å². The number of nitrogens with one attached hydrogen (secondary N) is 1. The summed E-state index contributed by atoms with van der Waals surface area (Å²) in [7, 11) is 5.68. The lowest BCUT2D eigenvalue weighted by atomic mass is 10.0. The van der Waals surface area contributed by atoms with E-state index in [1.54, 1.807) is 31.4 Å². The van der Waals surface area contributed by atoms with Gasteiger partial charge in [0.1, 0.15) is 5.69 Å². The minimum Gasteiger partial charge on any atom is -0.373 e. The van der Waals surface area contributed by atoms with Crippen molar-refractivity contribution in [3.8, 4) is 11.1 Å². The van der Waals surface area contributed by atoms with Gasteiger partial charge >= 0.3 is 6.18 Å². The van der Waals surface area contributed by atoms with E-state index < -0.39 is 17.6 Å². The number of hydrogen-bond acceptors (Lipinski definition) is 7. The normalized spacial score (nSPS) is 11.7.